The van der Waals surface area contributed by atoms with Gasteiger partial charge < -0.3 is 9.47 Å². The van der Waals surface area contributed by atoms with Crippen molar-refractivity contribution < 1.29 is 14.3 Å². The van der Waals surface area contributed by atoms with Crippen molar-refractivity contribution in [2.75, 3.05) is 19.8 Å². The lowest BCUT2D eigenvalue weighted by atomic mass is 10.1. The van der Waals surface area contributed by atoms with E-state index < -0.39 is 0 Å². The highest BCUT2D eigenvalue weighted by molar-refractivity contribution is 5.68. The van der Waals surface area contributed by atoms with Gasteiger partial charge in [-0.25, -0.2) is 4.79 Å². The van der Waals surface area contributed by atoms with E-state index in [-0.39, 0.29) is 12.3 Å². The summed E-state index contributed by atoms with van der Waals surface area (Å²) in [4.78, 5) is 13.8. The third kappa shape index (κ3) is 4.85. The summed E-state index contributed by atoms with van der Waals surface area (Å²) < 4.78 is 10.9. The average Bonchev–Trinajstić information content (AvgIpc) is 2.47. The molecule has 4 nitrogen and oxygen atoms in total. The van der Waals surface area contributed by atoms with Gasteiger partial charge in [-0.3, -0.25) is 4.90 Å². The first-order valence-corrected chi connectivity index (χ1v) is 7.34. The summed E-state index contributed by atoms with van der Waals surface area (Å²) in [5.74, 6) is 0. The largest absolute Gasteiger partial charge is 0.450 e. The molecule has 1 atom stereocenters. The van der Waals surface area contributed by atoms with Gasteiger partial charge in [-0.1, -0.05) is 43.7 Å². The maximum absolute atomic E-state index is 12.2. The number of nitrogens with zero attached hydrogens (tertiary/aromatic N) is 1. The summed E-state index contributed by atoms with van der Waals surface area (Å²) in [5, 5.41) is 0. The highest BCUT2D eigenvalue weighted by atomic mass is 16.6. The SMILES string of the molecule is CCCCN(C(=O)OCC)C(OCC)c1ccccc1. The Morgan fingerprint density at radius 3 is 2.40 bits per heavy atom. The van der Waals surface area contributed by atoms with E-state index in [0.29, 0.717) is 19.8 Å². The van der Waals surface area contributed by atoms with Crippen LogP contribution in [0.15, 0.2) is 30.3 Å². The number of carbonyl (C=O) groups excluding carboxylic acids is 1. The minimum absolute atomic E-state index is 0.316. The molecule has 20 heavy (non-hydrogen) atoms. The first-order valence-electron chi connectivity index (χ1n) is 7.34. The first-order chi connectivity index (χ1) is 9.74. The quantitative estimate of drug-likeness (QED) is 0.676. The van der Waals surface area contributed by atoms with Gasteiger partial charge in [-0.05, 0) is 20.3 Å². The van der Waals surface area contributed by atoms with E-state index in [0.717, 1.165) is 18.4 Å². The highest BCUT2D eigenvalue weighted by Gasteiger charge is 2.26. The van der Waals surface area contributed by atoms with E-state index in [1.54, 1.807) is 4.90 Å². The van der Waals surface area contributed by atoms with Crippen molar-refractivity contribution in [2.24, 2.45) is 0 Å². The maximum Gasteiger partial charge on any atom is 0.412 e. The lowest BCUT2D eigenvalue weighted by Crippen LogP contribution is -2.37. The van der Waals surface area contributed by atoms with Gasteiger partial charge in [-0.15, -0.1) is 0 Å². The molecule has 0 aromatic heterocycles. The molecule has 0 bridgehead atoms. The molecule has 1 amide bonds. The first kappa shape index (κ1) is 16.5. The maximum atomic E-state index is 12.2. The number of rotatable bonds is 8. The minimum atomic E-state index is -0.383. The summed E-state index contributed by atoms with van der Waals surface area (Å²) in [6.45, 7) is 7.39. The van der Waals surface area contributed by atoms with Gasteiger partial charge >= 0.3 is 6.09 Å². The number of ether oxygens (including phenoxy) is 2. The van der Waals surface area contributed by atoms with Crippen molar-refractivity contribution >= 4 is 6.09 Å². The van der Waals surface area contributed by atoms with Crippen LogP contribution >= 0.6 is 0 Å². The third-order valence-electron chi connectivity index (χ3n) is 2.95. The second-order valence-corrected chi connectivity index (χ2v) is 4.46. The van der Waals surface area contributed by atoms with Crippen LogP contribution < -0.4 is 0 Å². The zero-order valence-corrected chi connectivity index (χ0v) is 12.7. The molecule has 1 rings (SSSR count). The fourth-order valence-electron chi connectivity index (χ4n) is 1.98. The van der Waals surface area contributed by atoms with E-state index in [1.165, 1.54) is 0 Å². The van der Waals surface area contributed by atoms with Crippen LogP contribution in [0.25, 0.3) is 0 Å². The molecule has 0 fully saturated rings. The zero-order chi connectivity index (χ0) is 14.8. The lowest BCUT2D eigenvalue weighted by Gasteiger charge is -2.30. The molecule has 1 aromatic rings. The highest BCUT2D eigenvalue weighted by Crippen LogP contribution is 2.23. The Kier molecular flexibility index (Phi) is 7.73. The standard InChI is InChI=1S/C16H25NO3/c1-4-7-13-17(16(18)20-6-3)15(19-5-2)14-11-9-8-10-12-14/h8-12,15H,4-7,13H2,1-3H3. The Balaban J connectivity index is 2.94. The van der Waals surface area contributed by atoms with Crippen LogP contribution in [0.3, 0.4) is 0 Å². The van der Waals surface area contributed by atoms with Crippen LogP contribution in [0.1, 0.15) is 45.4 Å². The third-order valence-corrected chi connectivity index (χ3v) is 2.95. The number of hydrogen-bond donors (Lipinski definition) is 0. The molecule has 0 radical (unpaired) electrons. The fourth-order valence-corrected chi connectivity index (χ4v) is 1.98. The molecule has 1 aromatic carbocycles. The topological polar surface area (TPSA) is 38.8 Å². The molecular weight excluding hydrogens is 254 g/mol. The molecule has 0 heterocycles. The van der Waals surface area contributed by atoms with E-state index in [9.17, 15) is 4.79 Å². The fraction of sp³-hybridized carbons (Fsp3) is 0.562. The Morgan fingerprint density at radius 1 is 1.15 bits per heavy atom. The van der Waals surface area contributed by atoms with Gasteiger partial charge in [0.2, 0.25) is 0 Å². The van der Waals surface area contributed by atoms with Crippen LogP contribution in [0.4, 0.5) is 4.79 Å². The van der Waals surface area contributed by atoms with Crippen LogP contribution in [0.5, 0.6) is 0 Å². The van der Waals surface area contributed by atoms with Gasteiger partial charge in [-0.2, -0.15) is 0 Å². The smallest absolute Gasteiger partial charge is 0.412 e. The van der Waals surface area contributed by atoms with Gasteiger partial charge in [0.05, 0.1) is 6.61 Å². The molecule has 0 aliphatic rings. The van der Waals surface area contributed by atoms with Crippen LogP contribution in [0, 0.1) is 0 Å². The Morgan fingerprint density at radius 2 is 1.85 bits per heavy atom. The van der Waals surface area contributed by atoms with Gasteiger partial charge in [0.25, 0.3) is 0 Å². The number of carbonyl (C=O) groups is 1. The molecular formula is C16H25NO3. The normalized spacial score (nSPS) is 11.9. The molecule has 0 saturated carbocycles. The second-order valence-electron chi connectivity index (χ2n) is 4.46. The Bertz CT molecular complexity index is 381. The Labute approximate surface area is 121 Å². The summed E-state index contributed by atoms with van der Waals surface area (Å²) in [6.07, 6.45) is 1.24. The minimum Gasteiger partial charge on any atom is -0.450 e. The van der Waals surface area contributed by atoms with Gasteiger partial charge in [0.15, 0.2) is 6.23 Å². The molecule has 4 heteroatoms. The number of amides is 1. The predicted molar refractivity (Wildman–Crippen MR) is 79.4 cm³/mol. The number of benzene rings is 1. The molecule has 1 unspecified atom stereocenters. The number of unbranched alkanes of at least 4 members (excludes halogenated alkanes) is 1. The van der Waals surface area contributed by atoms with Crippen LogP contribution in [0.2, 0.25) is 0 Å². The van der Waals surface area contributed by atoms with E-state index in [2.05, 4.69) is 6.92 Å². The van der Waals surface area contributed by atoms with Crippen molar-refractivity contribution in [1.29, 1.82) is 0 Å². The molecule has 0 aliphatic heterocycles. The Hall–Kier alpha value is -1.55. The zero-order valence-electron chi connectivity index (χ0n) is 12.7. The van der Waals surface area contributed by atoms with E-state index in [4.69, 9.17) is 9.47 Å². The van der Waals surface area contributed by atoms with E-state index in [1.807, 2.05) is 44.2 Å². The van der Waals surface area contributed by atoms with Crippen molar-refractivity contribution in [3.05, 3.63) is 35.9 Å². The average molecular weight is 279 g/mol. The summed E-state index contributed by atoms with van der Waals surface area (Å²) in [5.41, 5.74) is 0.971. The lowest BCUT2D eigenvalue weighted by molar-refractivity contribution is -0.0516. The molecule has 0 N–H and O–H groups in total. The van der Waals surface area contributed by atoms with Crippen LogP contribution in [-0.2, 0) is 9.47 Å². The van der Waals surface area contributed by atoms with Crippen LogP contribution in [-0.4, -0.2) is 30.8 Å². The van der Waals surface area contributed by atoms with Crippen molar-refractivity contribution in [2.45, 2.75) is 39.8 Å². The summed E-state index contributed by atoms with van der Waals surface area (Å²) in [7, 11) is 0. The predicted octanol–water partition coefficient (Wildman–Crippen LogP) is 3.98. The summed E-state index contributed by atoms with van der Waals surface area (Å²) in [6, 6.07) is 9.79. The molecule has 0 saturated heterocycles. The summed E-state index contributed by atoms with van der Waals surface area (Å²) >= 11 is 0. The monoisotopic (exact) mass is 279 g/mol. The van der Waals surface area contributed by atoms with E-state index >= 15 is 0 Å². The van der Waals surface area contributed by atoms with Gasteiger partial charge in [0.1, 0.15) is 0 Å². The van der Waals surface area contributed by atoms with Crippen molar-refractivity contribution in [1.82, 2.24) is 4.90 Å². The molecule has 112 valence electrons. The van der Waals surface area contributed by atoms with Gasteiger partial charge in [0, 0.05) is 18.7 Å². The molecule has 0 spiro atoms. The van der Waals surface area contributed by atoms with Crippen molar-refractivity contribution in [3.8, 4) is 0 Å². The second kappa shape index (κ2) is 9.37. The number of hydrogen-bond acceptors (Lipinski definition) is 3. The molecule has 0 aliphatic carbocycles. The van der Waals surface area contributed by atoms with Crippen molar-refractivity contribution in [3.63, 3.8) is 0 Å².